The lowest BCUT2D eigenvalue weighted by Crippen LogP contribution is -2.21. The van der Waals surface area contributed by atoms with E-state index in [0.717, 1.165) is 26.1 Å². The van der Waals surface area contributed by atoms with Crippen molar-refractivity contribution < 1.29 is 19.0 Å². The van der Waals surface area contributed by atoms with Crippen molar-refractivity contribution in [2.24, 2.45) is 11.8 Å². The maximum absolute atomic E-state index is 11.5. The lowest BCUT2D eigenvalue weighted by atomic mass is 10.1. The summed E-state index contributed by atoms with van der Waals surface area (Å²) in [6, 6.07) is 0. The minimum Gasteiger partial charge on any atom is -0.465 e. The molecule has 2 saturated heterocycles. The van der Waals surface area contributed by atoms with Crippen LogP contribution >= 0.6 is 0 Å². The van der Waals surface area contributed by atoms with E-state index >= 15 is 0 Å². The Morgan fingerprint density at radius 3 is 2.64 bits per heavy atom. The van der Waals surface area contributed by atoms with E-state index in [0.29, 0.717) is 25.7 Å². The topological polar surface area (TPSA) is 44.8 Å². The van der Waals surface area contributed by atoms with Crippen molar-refractivity contribution in [2.75, 3.05) is 33.0 Å². The molecular weight excluding hydrogens is 184 g/mol. The Bertz CT molecular complexity index is 192. The van der Waals surface area contributed by atoms with Gasteiger partial charge in [0.05, 0.1) is 25.7 Å². The van der Waals surface area contributed by atoms with Crippen LogP contribution in [0.15, 0.2) is 0 Å². The summed E-state index contributed by atoms with van der Waals surface area (Å²) in [5, 5.41) is 0. The molecule has 0 aromatic carbocycles. The zero-order valence-electron chi connectivity index (χ0n) is 8.24. The zero-order valence-corrected chi connectivity index (χ0v) is 8.24. The molecule has 2 aliphatic rings. The Morgan fingerprint density at radius 2 is 2.00 bits per heavy atom. The first-order valence-electron chi connectivity index (χ1n) is 5.18. The normalized spacial score (nSPS) is 32.0. The van der Waals surface area contributed by atoms with Gasteiger partial charge in [-0.1, -0.05) is 0 Å². The molecular formula is C10H16O4. The van der Waals surface area contributed by atoms with Gasteiger partial charge in [0, 0.05) is 19.1 Å². The SMILES string of the molecule is O=C(OCC1CCOC1)C1CCOC1. The van der Waals surface area contributed by atoms with E-state index in [-0.39, 0.29) is 11.9 Å². The van der Waals surface area contributed by atoms with Gasteiger partial charge in [0.1, 0.15) is 0 Å². The molecule has 4 nitrogen and oxygen atoms in total. The van der Waals surface area contributed by atoms with Gasteiger partial charge in [-0.15, -0.1) is 0 Å². The van der Waals surface area contributed by atoms with E-state index in [1.54, 1.807) is 0 Å². The predicted octanol–water partition coefficient (Wildman–Crippen LogP) is 0.603. The fourth-order valence-electron chi connectivity index (χ4n) is 1.75. The summed E-state index contributed by atoms with van der Waals surface area (Å²) in [5.41, 5.74) is 0. The van der Waals surface area contributed by atoms with Crippen molar-refractivity contribution in [3.63, 3.8) is 0 Å². The number of carbonyl (C=O) groups is 1. The number of rotatable bonds is 3. The van der Waals surface area contributed by atoms with Gasteiger partial charge in [-0.05, 0) is 12.8 Å². The maximum Gasteiger partial charge on any atom is 0.311 e. The van der Waals surface area contributed by atoms with Crippen LogP contribution in [0.1, 0.15) is 12.8 Å². The second kappa shape index (κ2) is 4.75. The van der Waals surface area contributed by atoms with Crippen molar-refractivity contribution in [1.29, 1.82) is 0 Å². The highest BCUT2D eigenvalue weighted by Gasteiger charge is 2.26. The number of ether oxygens (including phenoxy) is 3. The van der Waals surface area contributed by atoms with Crippen molar-refractivity contribution >= 4 is 5.97 Å². The van der Waals surface area contributed by atoms with Crippen molar-refractivity contribution in [3.05, 3.63) is 0 Å². The smallest absolute Gasteiger partial charge is 0.311 e. The molecule has 0 N–H and O–H groups in total. The zero-order chi connectivity index (χ0) is 9.80. The van der Waals surface area contributed by atoms with Crippen LogP contribution in [-0.2, 0) is 19.0 Å². The van der Waals surface area contributed by atoms with E-state index in [9.17, 15) is 4.79 Å². The molecule has 0 aliphatic carbocycles. The van der Waals surface area contributed by atoms with E-state index in [4.69, 9.17) is 14.2 Å². The third kappa shape index (κ3) is 2.45. The maximum atomic E-state index is 11.5. The Kier molecular flexibility index (Phi) is 3.37. The van der Waals surface area contributed by atoms with Crippen LogP contribution in [0.2, 0.25) is 0 Å². The van der Waals surface area contributed by atoms with Crippen molar-refractivity contribution in [1.82, 2.24) is 0 Å². The lowest BCUT2D eigenvalue weighted by Gasteiger charge is -2.11. The molecule has 2 fully saturated rings. The van der Waals surface area contributed by atoms with Crippen LogP contribution in [0, 0.1) is 11.8 Å². The third-order valence-corrected chi connectivity index (χ3v) is 2.75. The number of carbonyl (C=O) groups excluding carboxylic acids is 1. The van der Waals surface area contributed by atoms with Crippen LogP contribution in [0.5, 0.6) is 0 Å². The fraction of sp³-hybridized carbons (Fsp3) is 0.900. The van der Waals surface area contributed by atoms with Gasteiger partial charge in [0.25, 0.3) is 0 Å². The molecule has 0 spiro atoms. The largest absolute Gasteiger partial charge is 0.465 e. The molecule has 0 bridgehead atoms. The first kappa shape index (κ1) is 9.93. The van der Waals surface area contributed by atoms with Gasteiger partial charge < -0.3 is 14.2 Å². The van der Waals surface area contributed by atoms with E-state index in [2.05, 4.69) is 0 Å². The number of hydrogen-bond donors (Lipinski definition) is 0. The number of hydrogen-bond acceptors (Lipinski definition) is 4. The first-order valence-corrected chi connectivity index (χ1v) is 5.18. The van der Waals surface area contributed by atoms with Gasteiger partial charge in [-0.3, -0.25) is 4.79 Å². The average molecular weight is 200 g/mol. The third-order valence-electron chi connectivity index (χ3n) is 2.75. The fourth-order valence-corrected chi connectivity index (χ4v) is 1.75. The van der Waals surface area contributed by atoms with Gasteiger partial charge in [0.2, 0.25) is 0 Å². The summed E-state index contributed by atoms with van der Waals surface area (Å²) in [5.74, 6) is 0.271. The Hall–Kier alpha value is -0.610. The second-order valence-electron chi connectivity index (χ2n) is 3.92. The van der Waals surface area contributed by atoms with Crippen LogP contribution in [0.25, 0.3) is 0 Å². The average Bonchev–Trinajstić information content (AvgIpc) is 2.87. The summed E-state index contributed by atoms with van der Waals surface area (Å²) < 4.78 is 15.5. The molecule has 0 aromatic heterocycles. The van der Waals surface area contributed by atoms with Crippen molar-refractivity contribution in [3.8, 4) is 0 Å². The van der Waals surface area contributed by atoms with E-state index in [1.807, 2.05) is 0 Å². The van der Waals surface area contributed by atoms with Gasteiger partial charge in [-0.2, -0.15) is 0 Å². The van der Waals surface area contributed by atoms with Crippen LogP contribution in [-0.4, -0.2) is 39.0 Å². The lowest BCUT2D eigenvalue weighted by molar-refractivity contribution is -0.149. The van der Waals surface area contributed by atoms with Gasteiger partial charge >= 0.3 is 5.97 Å². The second-order valence-corrected chi connectivity index (χ2v) is 3.92. The molecule has 2 aliphatic heterocycles. The molecule has 2 heterocycles. The molecule has 0 radical (unpaired) electrons. The molecule has 80 valence electrons. The van der Waals surface area contributed by atoms with Crippen LogP contribution in [0.4, 0.5) is 0 Å². The van der Waals surface area contributed by atoms with Crippen LogP contribution in [0.3, 0.4) is 0 Å². The molecule has 4 heteroatoms. The summed E-state index contributed by atoms with van der Waals surface area (Å²) in [7, 11) is 0. The molecule has 2 atom stereocenters. The molecule has 2 unspecified atom stereocenters. The summed E-state index contributed by atoms with van der Waals surface area (Å²) >= 11 is 0. The monoisotopic (exact) mass is 200 g/mol. The van der Waals surface area contributed by atoms with E-state index < -0.39 is 0 Å². The molecule has 14 heavy (non-hydrogen) atoms. The molecule has 0 aromatic rings. The minimum absolute atomic E-state index is 0.0303. The van der Waals surface area contributed by atoms with E-state index in [1.165, 1.54) is 0 Å². The number of esters is 1. The summed E-state index contributed by atoms with van der Waals surface area (Å²) in [6.45, 7) is 3.25. The standard InChI is InChI=1S/C10H16O4/c11-10(9-2-4-13-7-9)14-6-8-1-3-12-5-8/h8-9H,1-7H2. The quantitative estimate of drug-likeness (QED) is 0.626. The van der Waals surface area contributed by atoms with Crippen LogP contribution < -0.4 is 0 Å². The summed E-state index contributed by atoms with van der Waals surface area (Å²) in [6.07, 6.45) is 1.81. The first-order chi connectivity index (χ1) is 6.86. The highest BCUT2D eigenvalue weighted by Crippen LogP contribution is 2.16. The molecule has 0 amide bonds. The minimum atomic E-state index is -0.102. The van der Waals surface area contributed by atoms with Gasteiger partial charge in [-0.25, -0.2) is 0 Å². The molecule has 0 saturated carbocycles. The predicted molar refractivity (Wildman–Crippen MR) is 48.8 cm³/mol. The Morgan fingerprint density at radius 1 is 1.21 bits per heavy atom. The summed E-state index contributed by atoms with van der Waals surface area (Å²) in [4.78, 5) is 11.5. The highest BCUT2D eigenvalue weighted by molar-refractivity contribution is 5.72. The highest BCUT2D eigenvalue weighted by atomic mass is 16.5. The van der Waals surface area contributed by atoms with Crippen molar-refractivity contribution in [2.45, 2.75) is 12.8 Å². The Balaban J connectivity index is 1.66. The Labute approximate surface area is 83.5 Å². The molecule has 2 rings (SSSR count). The van der Waals surface area contributed by atoms with Gasteiger partial charge in [0.15, 0.2) is 0 Å².